The van der Waals surface area contributed by atoms with Gasteiger partial charge in [0.1, 0.15) is 0 Å². The highest BCUT2D eigenvalue weighted by molar-refractivity contribution is 6.01. The molecule has 0 fully saturated rings. The molecule has 7 nitrogen and oxygen atoms in total. The van der Waals surface area contributed by atoms with E-state index in [0.717, 1.165) is 22.5 Å². The fraction of sp³-hybridized carbons (Fsp3) is 0.154. The molecule has 3 N–H and O–H groups in total. The van der Waals surface area contributed by atoms with Gasteiger partial charge in [0.15, 0.2) is 5.78 Å². The lowest BCUT2D eigenvalue weighted by Gasteiger charge is -2.13. The van der Waals surface area contributed by atoms with Gasteiger partial charge >= 0.3 is 0 Å². The predicted molar refractivity (Wildman–Crippen MR) is 133 cm³/mol. The SMILES string of the molecule is CCC(=O)c1ccccc1Nc1nc(Nc2cccc(C)c2)nc(Nc2cccc(C)c2)n1. The molecule has 166 valence electrons. The van der Waals surface area contributed by atoms with Crippen molar-refractivity contribution in [3.63, 3.8) is 0 Å². The van der Waals surface area contributed by atoms with Gasteiger partial charge in [0.2, 0.25) is 17.8 Å². The van der Waals surface area contributed by atoms with Gasteiger partial charge < -0.3 is 16.0 Å². The summed E-state index contributed by atoms with van der Waals surface area (Å²) in [7, 11) is 0. The van der Waals surface area contributed by atoms with Gasteiger partial charge in [0.25, 0.3) is 0 Å². The van der Waals surface area contributed by atoms with E-state index >= 15 is 0 Å². The monoisotopic (exact) mass is 438 g/mol. The number of benzene rings is 3. The number of aromatic nitrogens is 3. The lowest BCUT2D eigenvalue weighted by molar-refractivity contribution is 0.0989. The van der Waals surface area contributed by atoms with Crippen molar-refractivity contribution >= 4 is 40.7 Å². The molecule has 4 rings (SSSR count). The van der Waals surface area contributed by atoms with Crippen LogP contribution in [-0.2, 0) is 0 Å². The minimum atomic E-state index is 0.0448. The molecule has 0 aliphatic heterocycles. The van der Waals surface area contributed by atoms with Gasteiger partial charge in [-0.25, -0.2) is 0 Å². The van der Waals surface area contributed by atoms with E-state index in [-0.39, 0.29) is 5.78 Å². The highest BCUT2D eigenvalue weighted by Crippen LogP contribution is 2.24. The Morgan fingerprint density at radius 3 is 1.73 bits per heavy atom. The summed E-state index contributed by atoms with van der Waals surface area (Å²) in [5, 5.41) is 9.70. The topological polar surface area (TPSA) is 91.8 Å². The summed E-state index contributed by atoms with van der Waals surface area (Å²) in [4.78, 5) is 26.0. The summed E-state index contributed by atoms with van der Waals surface area (Å²) in [6, 6.07) is 23.3. The number of nitrogens with one attached hydrogen (secondary N) is 3. The largest absolute Gasteiger partial charge is 0.324 e. The average molecular weight is 439 g/mol. The molecule has 0 radical (unpaired) electrons. The molecule has 0 amide bonds. The Bertz CT molecular complexity index is 1220. The normalized spacial score (nSPS) is 10.5. The van der Waals surface area contributed by atoms with Gasteiger partial charge in [-0.2, -0.15) is 15.0 Å². The molecule has 0 spiro atoms. The molecule has 1 heterocycles. The van der Waals surface area contributed by atoms with E-state index in [2.05, 4.69) is 30.9 Å². The second-order valence-electron chi connectivity index (χ2n) is 7.74. The molecule has 7 heteroatoms. The zero-order valence-corrected chi connectivity index (χ0v) is 18.9. The highest BCUT2D eigenvalue weighted by atomic mass is 16.1. The van der Waals surface area contributed by atoms with Crippen molar-refractivity contribution in [2.24, 2.45) is 0 Å². The van der Waals surface area contributed by atoms with Crippen LogP contribution in [0.2, 0.25) is 0 Å². The summed E-state index contributed by atoms with van der Waals surface area (Å²) in [5.74, 6) is 1.13. The van der Waals surface area contributed by atoms with Crippen LogP contribution in [0.4, 0.5) is 34.9 Å². The first-order chi connectivity index (χ1) is 16.0. The predicted octanol–water partition coefficient (Wildman–Crippen LogP) is 6.31. The summed E-state index contributed by atoms with van der Waals surface area (Å²) < 4.78 is 0. The molecule has 0 atom stereocenters. The molecule has 1 aromatic heterocycles. The van der Waals surface area contributed by atoms with Gasteiger partial charge in [-0.3, -0.25) is 4.79 Å². The number of rotatable bonds is 8. The molecule has 0 aliphatic rings. The summed E-state index contributed by atoms with van der Waals surface area (Å²) in [6.45, 7) is 5.89. The average Bonchev–Trinajstić information content (AvgIpc) is 2.79. The minimum Gasteiger partial charge on any atom is -0.324 e. The van der Waals surface area contributed by atoms with E-state index in [9.17, 15) is 4.79 Å². The van der Waals surface area contributed by atoms with Crippen LogP contribution >= 0.6 is 0 Å². The highest BCUT2D eigenvalue weighted by Gasteiger charge is 2.13. The third-order valence-electron chi connectivity index (χ3n) is 4.98. The number of hydrogen-bond donors (Lipinski definition) is 3. The number of ketones is 1. The number of carbonyl (C=O) groups is 1. The van der Waals surface area contributed by atoms with Crippen LogP contribution < -0.4 is 16.0 Å². The van der Waals surface area contributed by atoms with Crippen LogP contribution in [0.25, 0.3) is 0 Å². The Morgan fingerprint density at radius 1 is 0.697 bits per heavy atom. The first-order valence-corrected chi connectivity index (χ1v) is 10.8. The van der Waals surface area contributed by atoms with E-state index in [4.69, 9.17) is 0 Å². The molecule has 0 aliphatic carbocycles. The number of carbonyl (C=O) groups excluding carboxylic acids is 1. The molecular weight excluding hydrogens is 412 g/mol. The molecule has 33 heavy (non-hydrogen) atoms. The third-order valence-corrected chi connectivity index (χ3v) is 4.98. The van der Waals surface area contributed by atoms with Gasteiger partial charge in [0.05, 0.1) is 5.69 Å². The summed E-state index contributed by atoms with van der Waals surface area (Å²) in [6.07, 6.45) is 0.413. The van der Waals surface area contributed by atoms with Gasteiger partial charge in [-0.05, 0) is 61.4 Å². The first-order valence-electron chi connectivity index (χ1n) is 10.8. The molecule has 4 aromatic rings. The van der Waals surface area contributed by atoms with Crippen molar-refractivity contribution in [1.82, 2.24) is 15.0 Å². The number of nitrogens with zero attached hydrogens (tertiary/aromatic N) is 3. The van der Waals surface area contributed by atoms with Gasteiger partial charge in [0, 0.05) is 23.4 Å². The summed E-state index contributed by atoms with van der Waals surface area (Å²) >= 11 is 0. The van der Waals surface area contributed by atoms with Crippen molar-refractivity contribution in [2.45, 2.75) is 27.2 Å². The fourth-order valence-corrected chi connectivity index (χ4v) is 3.39. The van der Waals surface area contributed by atoms with Crippen LogP contribution in [0.15, 0.2) is 72.8 Å². The maximum absolute atomic E-state index is 12.4. The van der Waals surface area contributed by atoms with Crippen molar-refractivity contribution in [3.8, 4) is 0 Å². The smallest absolute Gasteiger partial charge is 0.233 e. The lowest BCUT2D eigenvalue weighted by atomic mass is 10.1. The standard InChI is InChI=1S/C26H26N6O/c1-4-23(33)21-13-5-6-14-22(21)29-26-31-24(27-19-11-7-9-17(2)15-19)30-25(32-26)28-20-12-8-10-18(3)16-20/h5-16H,4H2,1-3H3,(H3,27,28,29,30,31,32). The van der Waals surface area contributed by atoms with Crippen molar-refractivity contribution < 1.29 is 4.79 Å². The molecule has 0 unspecified atom stereocenters. The minimum absolute atomic E-state index is 0.0448. The Morgan fingerprint density at radius 2 is 1.21 bits per heavy atom. The zero-order chi connectivity index (χ0) is 23.2. The second kappa shape index (κ2) is 9.91. The third kappa shape index (κ3) is 5.71. The first kappa shape index (κ1) is 22.0. The second-order valence-corrected chi connectivity index (χ2v) is 7.74. The maximum Gasteiger partial charge on any atom is 0.233 e. The zero-order valence-electron chi connectivity index (χ0n) is 18.9. The van der Waals surface area contributed by atoms with E-state index in [1.54, 1.807) is 6.07 Å². The molecule has 0 bridgehead atoms. The fourth-order valence-electron chi connectivity index (χ4n) is 3.39. The number of aryl methyl sites for hydroxylation is 2. The van der Waals surface area contributed by atoms with Crippen LogP contribution in [-0.4, -0.2) is 20.7 Å². The molecule has 0 saturated heterocycles. The Kier molecular flexibility index (Phi) is 6.59. The van der Waals surface area contributed by atoms with Gasteiger partial charge in [-0.1, -0.05) is 43.3 Å². The van der Waals surface area contributed by atoms with Crippen molar-refractivity contribution in [1.29, 1.82) is 0 Å². The van der Waals surface area contributed by atoms with E-state index in [1.807, 2.05) is 87.5 Å². The van der Waals surface area contributed by atoms with Crippen LogP contribution in [0.5, 0.6) is 0 Å². The van der Waals surface area contributed by atoms with Crippen LogP contribution in [0.1, 0.15) is 34.8 Å². The molecular formula is C26H26N6O. The summed E-state index contributed by atoms with van der Waals surface area (Å²) in [5.41, 5.74) is 5.24. The van der Waals surface area contributed by atoms with E-state index in [1.165, 1.54) is 0 Å². The maximum atomic E-state index is 12.4. The Balaban J connectivity index is 1.70. The number of hydrogen-bond acceptors (Lipinski definition) is 7. The lowest BCUT2D eigenvalue weighted by Crippen LogP contribution is -2.09. The van der Waals surface area contributed by atoms with Crippen LogP contribution in [0, 0.1) is 13.8 Å². The number of para-hydroxylation sites is 1. The molecule has 3 aromatic carbocycles. The van der Waals surface area contributed by atoms with E-state index < -0.39 is 0 Å². The van der Waals surface area contributed by atoms with Crippen molar-refractivity contribution in [2.75, 3.05) is 16.0 Å². The van der Waals surface area contributed by atoms with Gasteiger partial charge in [-0.15, -0.1) is 0 Å². The Hall–Kier alpha value is -4.26. The van der Waals surface area contributed by atoms with Crippen LogP contribution in [0.3, 0.4) is 0 Å². The molecule has 0 saturated carbocycles. The Labute approximate surface area is 193 Å². The quantitative estimate of drug-likeness (QED) is 0.278. The number of Topliss-reactive ketones (excluding diaryl/α,β-unsaturated/α-hetero) is 1. The number of anilines is 6. The van der Waals surface area contributed by atoms with E-state index in [0.29, 0.717) is 35.5 Å². The van der Waals surface area contributed by atoms with Crippen molar-refractivity contribution in [3.05, 3.63) is 89.5 Å².